The molecule has 23 aromatic rings. The van der Waals surface area contributed by atoms with Crippen LogP contribution in [0.5, 0.6) is 0 Å². The Bertz CT molecular complexity index is 7780. The summed E-state index contributed by atoms with van der Waals surface area (Å²) in [5.74, 6) is 2.84. The number of rotatable bonds is 12. The first kappa shape index (κ1) is 78.3. The van der Waals surface area contributed by atoms with Crippen LogP contribution in [0.25, 0.3) is 184 Å². The van der Waals surface area contributed by atoms with Crippen LogP contribution >= 0.6 is 34.0 Å². The summed E-state index contributed by atoms with van der Waals surface area (Å²) in [6.45, 7) is 0. The third-order valence-electron chi connectivity index (χ3n) is 26.4. The summed E-state index contributed by atoms with van der Waals surface area (Å²) in [4.78, 5) is 29.9. The molecule has 0 fully saturated rings. The van der Waals surface area contributed by atoms with Gasteiger partial charge in [-0.25, -0.2) is 29.9 Å². The molecule has 0 atom stereocenters. The molecule has 6 nitrogen and oxygen atoms in total. The predicted molar refractivity (Wildman–Crippen MR) is 550 cm³/mol. The van der Waals surface area contributed by atoms with Crippen LogP contribution in [0.4, 0.5) is 0 Å². The van der Waals surface area contributed by atoms with Crippen molar-refractivity contribution in [1.82, 2.24) is 29.9 Å². The first-order chi connectivity index (χ1) is 64.4. The van der Waals surface area contributed by atoms with E-state index < -0.39 is 8.07 Å². The smallest absolute Gasteiger partial charge is 0.179 e. The van der Waals surface area contributed by atoms with Gasteiger partial charge in [-0.2, -0.15) is 0 Å². The third kappa shape index (κ3) is 14.2. The third-order valence-corrected chi connectivity index (χ3v) is 34.6. The standard InChI is InChI=1S/C48H34N2SSi.C37H25NS.C35H23N3S/c1-4-14-37(15-5-1)52(38-16-6-2-7-17-38,39-18-8-3-9-19-39)40-20-12-13-35(32-40)43-29-30-49-48(50-43)36-25-27-41-34(31-36)24-23-33-26-28-45-47(46(33)41)42-21-10-11-22-44(42)51-45;1-3-9-24(10-4-1)32-22-29(23-33(38-32)25-11-5-2-6-12-25)27-17-19-30-28(21-27)16-15-26-18-20-35-37(36(26)30)31-13-7-8-14-34(31)39-35;1-3-9-23(10-4-1)33-36-34(24-11-5-2-6-12-24)38-35(37-33)26-17-19-27-25(21-26)16-15-22-18-20-30-32(31(22)27)28-13-7-8-14-29(28)39-30/h1-22,25-32H,23-24H2;1-14,17-23H,15-16H2;1-14,17-21H,15-16H2. The van der Waals surface area contributed by atoms with E-state index in [0.29, 0.717) is 17.5 Å². The lowest BCUT2D eigenvalue weighted by atomic mass is 9.82. The van der Waals surface area contributed by atoms with Crippen molar-refractivity contribution in [1.29, 1.82) is 0 Å². The molecule has 0 saturated heterocycles. The molecule has 3 aliphatic rings. The van der Waals surface area contributed by atoms with Crippen molar-refractivity contribution in [3.05, 3.63) is 458 Å². The molecule has 0 bridgehead atoms. The summed E-state index contributed by atoms with van der Waals surface area (Å²) in [5, 5.41) is 13.7. The summed E-state index contributed by atoms with van der Waals surface area (Å²) >= 11 is 5.67. The minimum atomic E-state index is -2.66. The van der Waals surface area contributed by atoms with Crippen LogP contribution < -0.4 is 20.7 Å². The molecule has 17 aromatic carbocycles. The van der Waals surface area contributed by atoms with Gasteiger partial charge in [0.2, 0.25) is 0 Å². The first-order valence-electron chi connectivity index (χ1n) is 44.7. The minimum Gasteiger partial charge on any atom is -0.248 e. The van der Waals surface area contributed by atoms with Crippen LogP contribution in [0.2, 0.25) is 0 Å². The van der Waals surface area contributed by atoms with Crippen LogP contribution in [-0.2, 0) is 38.5 Å². The largest absolute Gasteiger partial charge is 0.248 e. The van der Waals surface area contributed by atoms with Gasteiger partial charge in [-0.15, -0.1) is 34.0 Å². The Morgan fingerprint density at radius 1 is 0.192 bits per heavy atom. The zero-order chi connectivity index (χ0) is 86.0. The van der Waals surface area contributed by atoms with Crippen LogP contribution in [-0.4, -0.2) is 38.0 Å². The van der Waals surface area contributed by atoms with Gasteiger partial charge in [0, 0.05) is 106 Å². The Kier molecular flexibility index (Phi) is 20.2. The Hall–Kier alpha value is -15.1. The van der Waals surface area contributed by atoms with Gasteiger partial charge in [-0.05, 0) is 204 Å². The van der Waals surface area contributed by atoms with Gasteiger partial charge in [0.15, 0.2) is 31.4 Å². The van der Waals surface area contributed by atoms with Gasteiger partial charge < -0.3 is 0 Å². The lowest BCUT2D eigenvalue weighted by Gasteiger charge is -2.34. The fourth-order valence-corrected chi connectivity index (χ4v) is 28.4. The number of pyridine rings is 1. The van der Waals surface area contributed by atoms with E-state index in [0.717, 1.165) is 100 Å². The Labute approximate surface area is 767 Å². The second-order valence-electron chi connectivity index (χ2n) is 33.9. The monoisotopic (exact) mass is 1730 g/mol. The van der Waals surface area contributed by atoms with E-state index in [9.17, 15) is 0 Å². The molecule has 6 heterocycles. The highest BCUT2D eigenvalue weighted by Gasteiger charge is 2.42. The second kappa shape index (κ2) is 33.6. The Morgan fingerprint density at radius 3 is 0.938 bits per heavy atom. The van der Waals surface area contributed by atoms with Crippen molar-refractivity contribution in [2.24, 2.45) is 0 Å². The molecule has 130 heavy (non-hydrogen) atoms. The zero-order valence-electron chi connectivity index (χ0n) is 71.1. The number of benzene rings is 17. The molecule has 6 aromatic heterocycles. The van der Waals surface area contributed by atoms with Crippen LogP contribution in [0.3, 0.4) is 0 Å². The molecule has 0 unspecified atom stereocenters. The van der Waals surface area contributed by atoms with Crippen molar-refractivity contribution in [3.8, 4) is 124 Å². The normalized spacial score (nSPS) is 12.4. The van der Waals surface area contributed by atoms with Crippen LogP contribution in [0.1, 0.15) is 33.4 Å². The number of nitrogens with zero attached hydrogens (tertiary/aromatic N) is 6. The maximum Gasteiger partial charge on any atom is 0.179 e. The van der Waals surface area contributed by atoms with Crippen molar-refractivity contribution < 1.29 is 0 Å². The molecule has 26 rings (SSSR count). The highest BCUT2D eigenvalue weighted by atomic mass is 32.1. The number of fused-ring (bicyclic) bond motifs is 21. The molecule has 614 valence electrons. The fourth-order valence-electron chi connectivity index (χ4n) is 20.3. The van der Waals surface area contributed by atoms with Gasteiger partial charge in [0.1, 0.15) is 0 Å². The molecule has 3 aliphatic carbocycles. The SMILES string of the molecule is c1ccc(-c2cc(-c3ccc4c(c3)CCc3ccc5sc6ccccc6c5c3-4)cc(-c3ccccc3)n2)cc1.c1ccc(-c2nc(-c3ccccc3)nc(-c3ccc4c(c3)CCc3ccc5sc6ccccc6c5c3-4)n2)cc1.c1ccc([Si](c2ccccc2)(c2ccccc2)c2cccc(-c3ccnc(-c4ccc5c(c4)CCc4ccc6sc7ccccc7c6c4-5)n3)c2)cc1. The zero-order valence-corrected chi connectivity index (χ0v) is 74.5. The van der Waals surface area contributed by atoms with E-state index in [1.807, 2.05) is 107 Å². The molecule has 0 aliphatic heterocycles. The Morgan fingerprint density at radius 2 is 0.523 bits per heavy atom. The summed E-state index contributed by atoms with van der Waals surface area (Å²) in [5.41, 5.74) is 29.6. The molecule has 0 saturated carbocycles. The predicted octanol–water partition coefficient (Wildman–Crippen LogP) is 28.5. The number of aryl methyl sites for hydroxylation is 6. The maximum absolute atomic E-state index is 5.24. The second-order valence-corrected chi connectivity index (χ2v) is 41.0. The minimum absolute atomic E-state index is 0.689. The molecule has 0 N–H and O–H groups in total. The van der Waals surface area contributed by atoms with E-state index in [2.05, 4.69) is 352 Å². The Balaban J connectivity index is 0.000000110. The van der Waals surface area contributed by atoms with E-state index in [1.54, 1.807) is 0 Å². The fraction of sp³-hybridized carbons (Fsp3) is 0.0500. The highest BCUT2D eigenvalue weighted by Crippen LogP contribution is 2.50. The van der Waals surface area contributed by atoms with Gasteiger partial charge in [0.25, 0.3) is 0 Å². The molecular weight excluding hydrogens is 1650 g/mol. The lowest BCUT2D eigenvalue weighted by Crippen LogP contribution is -2.74. The van der Waals surface area contributed by atoms with Gasteiger partial charge in [0.05, 0.1) is 17.1 Å². The summed E-state index contributed by atoms with van der Waals surface area (Å²) < 4.78 is 8.14. The summed E-state index contributed by atoms with van der Waals surface area (Å²) in [6, 6.07) is 151. The topological polar surface area (TPSA) is 77.3 Å². The van der Waals surface area contributed by atoms with Gasteiger partial charge >= 0.3 is 0 Å². The van der Waals surface area contributed by atoms with E-state index in [-0.39, 0.29) is 0 Å². The van der Waals surface area contributed by atoms with Gasteiger partial charge in [-0.1, -0.05) is 352 Å². The molecule has 0 radical (unpaired) electrons. The quantitative estimate of drug-likeness (QED) is 0.0896. The summed E-state index contributed by atoms with van der Waals surface area (Å²) in [7, 11) is -2.66. The van der Waals surface area contributed by atoms with Crippen molar-refractivity contribution >= 4 is 123 Å². The number of aromatic nitrogens is 6. The lowest BCUT2D eigenvalue weighted by molar-refractivity contribution is 0.944. The van der Waals surface area contributed by atoms with Crippen molar-refractivity contribution in [2.45, 2.75) is 38.5 Å². The van der Waals surface area contributed by atoms with Crippen molar-refractivity contribution in [3.63, 3.8) is 0 Å². The average Bonchev–Trinajstić information content (AvgIpc) is 1.72. The maximum atomic E-state index is 5.24. The van der Waals surface area contributed by atoms with E-state index in [4.69, 9.17) is 29.9 Å². The van der Waals surface area contributed by atoms with Crippen LogP contribution in [0, 0.1) is 0 Å². The summed E-state index contributed by atoms with van der Waals surface area (Å²) in [6.07, 6.45) is 8.14. The van der Waals surface area contributed by atoms with Gasteiger partial charge in [-0.3, -0.25) is 0 Å². The number of thiophene rings is 3. The molecular formula is C120H82N6S3Si. The number of hydrogen-bond donors (Lipinski definition) is 0. The average molecular weight is 1730 g/mol. The highest BCUT2D eigenvalue weighted by molar-refractivity contribution is 7.27. The van der Waals surface area contributed by atoms with E-state index in [1.165, 1.54) is 159 Å². The molecule has 0 spiro atoms. The first-order valence-corrected chi connectivity index (χ1v) is 49.2. The molecule has 10 heteroatoms. The van der Waals surface area contributed by atoms with Crippen molar-refractivity contribution in [2.75, 3.05) is 0 Å². The van der Waals surface area contributed by atoms with Crippen LogP contribution in [0.15, 0.2) is 425 Å². The molecule has 0 amide bonds. The van der Waals surface area contributed by atoms with E-state index >= 15 is 0 Å². The number of hydrogen-bond acceptors (Lipinski definition) is 9.